The van der Waals surface area contributed by atoms with Gasteiger partial charge in [-0.25, -0.2) is 8.42 Å². The van der Waals surface area contributed by atoms with Crippen LogP contribution in [-0.4, -0.2) is 50.7 Å². The molecule has 0 saturated carbocycles. The molecule has 1 aromatic rings. The zero-order valence-electron chi connectivity index (χ0n) is 14.7. The first-order valence-corrected chi connectivity index (χ1v) is 10.6. The number of amides is 2. The zero-order chi connectivity index (χ0) is 19.2. The van der Waals surface area contributed by atoms with Crippen molar-refractivity contribution in [3.8, 4) is 12.3 Å². The van der Waals surface area contributed by atoms with Gasteiger partial charge >= 0.3 is 0 Å². The van der Waals surface area contributed by atoms with Gasteiger partial charge in [0.1, 0.15) is 4.21 Å². The fraction of sp³-hybridized carbons (Fsp3) is 0.529. The number of piperidine rings is 1. The molecule has 7 nitrogen and oxygen atoms in total. The molecule has 0 aromatic carbocycles. The van der Waals surface area contributed by atoms with Gasteiger partial charge in [0.25, 0.3) is 10.0 Å². The van der Waals surface area contributed by atoms with Crippen LogP contribution in [0, 0.1) is 25.2 Å². The van der Waals surface area contributed by atoms with E-state index in [-0.39, 0.29) is 37.9 Å². The summed E-state index contributed by atoms with van der Waals surface area (Å²) in [6.45, 7) is 2.79. The second-order valence-corrected chi connectivity index (χ2v) is 9.54. The van der Waals surface area contributed by atoms with Gasteiger partial charge in [0.2, 0.25) is 11.8 Å². The summed E-state index contributed by atoms with van der Waals surface area (Å²) in [6.07, 6.45) is 6.45. The van der Waals surface area contributed by atoms with E-state index in [0.29, 0.717) is 23.6 Å². The number of terminal acetylenes is 1. The molecular formula is C17H23N3O4S2. The summed E-state index contributed by atoms with van der Waals surface area (Å²) < 4.78 is 27.1. The first-order valence-electron chi connectivity index (χ1n) is 8.39. The van der Waals surface area contributed by atoms with Gasteiger partial charge in [-0.15, -0.1) is 17.8 Å². The summed E-state index contributed by atoms with van der Waals surface area (Å²) in [5, 5.41) is 5.23. The van der Waals surface area contributed by atoms with Gasteiger partial charge in [-0.3, -0.25) is 9.59 Å². The minimum Gasteiger partial charge on any atom is -0.355 e. The normalized spacial score (nSPS) is 18.1. The van der Waals surface area contributed by atoms with E-state index in [2.05, 4.69) is 16.6 Å². The third kappa shape index (κ3) is 5.30. The highest BCUT2D eigenvalue weighted by Gasteiger charge is 2.33. The standard InChI is InChI=1S/C17H23N3O4S2/c1-3-9-18-15(21)8-10-19-17(22)14-5-4-11-20(12-14)26(23,24)16-7-6-13(2)25-16/h1,6-7,14H,4-5,8-12H2,2H3,(H,18,21)(H,19,22). The molecule has 1 unspecified atom stereocenters. The Morgan fingerprint density at radius 3 is 2.81 bits per heavy atom. The van der Waals surface area contributed by atoms with E-state index in [4.69, 9.17) is 6.42 Å². The predicted octanol–water partition coefficient (Wildman–Crippen LogP) is 0.713. The second-order valence-electron chi connectivity index (χ2n) is 6.09. The number of sulfonamides is 1. The van der Waals surface area contributed by atoms with E-state index in [9.17, 15) is 18.0 Å². The van der Waals surface area contributed by atoms with E-state index in [1.807, 2.05) is 6.92 Å². The van der Waals surface area contributed by atoms with Crippen LogP contribution in [0.15, 0.2) is 16.3 Å². The number of carbonyl (C=O) groups excluding carboxylic acids is 2. The molecule has 9 heteroatoms. The summed E-state index contributed by atoms with van der Waals surface area (Å²) in [5.74, 6) is 1.44. The first kappa shape index (κ1) is 20.4. The van der Waals surface area contributed by atoms with Crippen LogP contribution >= 0.6 is 11.3 Å². The van der Waals surface area contributed by atoms with Crippen LogP contribution in [0.5, 0.6) is 0 Å². The lowest BCUT2D eigenvalue weighted by Gasteiger charge is -2.30. The fourth-order valence-corrected chi connectivity index (χ4v) is 5.70. The van der Waals surface area contributed by atoms with Crippen LogP contribution in [0.3, 0.4) is 0 Å². The Morgan fingerprint density at radius 1 is 1.38 bits per heavy atom. The number of hydrogen-bond acceptors (Lipinski definition) is 5. The Hall–Kier alpha value is -1.89. The molecule has 1 aromatic heterocycles. The highest BCUT2D eigenvalue weighted by atomic mass is 32.2. The Kier molecular flexibility index (Phi) is 7.20. The molecule has 1 aliphatic heterocycles. The molecule has 1 fully saturated rings. The number of hydrogen-bond donors (Lipinski definition) is 2. The molecule has 0 radical (unpaired) electrons. The van der Waals surface area contributed by atoms with Gasteiger partial charge in [0, 0.05) is 30.9 Å². The number of nitrogens with one attached hydrogen (secondary N) is 2. The SMILES string of the molecule is C#CCNC(=O)CCNC(=O)C1CCCN(S(=O)(=O)c2ccc(C)s2)C1. The predicted molar refractivity (Wildman–Crippen MR) is 100 cm³/mol. The molecular weight excluding hydrogens is 374 g/mol. The van der Waals surface area contributed by atoms with Crippen LogP contribution in [0.2, 0.25) is 0 Å². The number of thiophene rings is 1. The summed E-state index contributed by atoms with van der Waals surface area (Å²) in [5.41, 5.74) is 0. The Labute approximate surface area is 158 Å². The van der Waals surface area contributed by atoms with Gasteiger partial charge in [-0.2, -0.15) is 4.31 Å². The summed E-state index contributed by atoms with van der Waals surface area (Å²) in [7, 11) is -3.56. The van der Waals surface area contributed by atoms with Crippen molar-refractivity contribution < 1.29 is 18.0 Å². The lowest BCUT2D eigenvalue weighted by molar-refractivity contribution is -0.126. The van der Waals surface area contributed by atoms with Crippen LogP contribution in [0.4, 0.5) is 0 Å². The number of aryl methyl sites for hydroxylation is 1. The van der Waals surface area contributed by atoms with Crippen molar-refractivity contribution in [3.63, 3.8) is 0 Å². The highest BCUT2D eigenvalue weighted by Crippen LogP contribution is 2.28. The minimum atomic E-state index is -3.56. The lowest BCUT2D eigenvalue weighted by atomic mass is 9.99. The molecule has 142 valence electrons. The first-order chi connectivity index (χ1) is 12.3. The molecule has 2 N–H and O–H groups in total. The Balaban J connectivity index is 1.88. The molecule has 2 heterocycles. The van der Waals surface area contributed by atoms with Crippen molar-refractivity contribution in [3.05, 3.63) is 17.0 Å². The summed E-state index contributed by atoms with van der Waals surface area (Å²) >= 11 is 1.23. The molecule has 0 spiro atoms. The Bertz CT molecular complexity index is 795. The number of nitrogens with zero attached hydrogens (tertiary/aromatic N) is 1. The van der Waals surface area contributed by atoms with E-state index in [0.717, 1.165) is 4.88 Å². The minimum absolute atomic E-state index is 0.136. The van der Waals surface area contributed by atoms with Crippen LogP contribution in [-0.2, 0) is 19.6 Å². The van der Waals surface area contributed by atoms with Crippen molar-refractivity contribution in [1.82, 2.24) is 14.9 Å². The summed E-state index contributed by atoms with van der Waals surface area (Å²) in [4.78, 5) is 24.7. The molecule has 1 saturated heterocycles. The topological polar surface area (TPSA) is 95.6 Å². The van der Waals surface area contributed by atoms with Crippen molar-refractivity contribution in [2.24, 2.45) is 5.92 Å². The molecule has 2 rings (SSSR count). The van der Waals surface area contributed by atoms with Gasteiger partial charge in [0.05, 0.1) is 12.5 Å². The lowest BCUT2D eigenvalue weighted by Crippen LogP contribution is -2.45. The smallest absolute Gasteiger partial charge is 0.252 e. The third-order valence-corrected chi connectivity index (χ3v) is 7.44. The molecule has 26 heavy (non-hydrogen) atoms. The van der Waals surface area contributed by atoms with E-state index >= 15 is 0 Å². The average Bonchev–Trinajstić information content (AvgIpc) is 3.07. The maximum atomic E-state index is 12.7. The number of carbonyl (C=O) groups is 2. The average molecular weight is 398 g/mol. The maximum Gasteiger partial charge on any atom is 0.252 e. The second kappa shape index (κ2) is 9.16. The maximum absolute atomic E-state index is 12.7. The molecule has 0 aliphatic carbocycles. The van der Waals surface area contributed by atoms with E-state index in [1.165, 1.54) is 15.6 Å². The zero-order valence-corrected chi connectivity index (χ0v) is 16.3. The quantitative estimate of drug-likeness (QED) is 0.663. The van der Waals surface area contributed by atoms with Crippen molar-refractivity contribution >= 4 is 33.2 Å². The van der Waals surface area contributed by atoms with Crippen molar-refractivity contribution in [2.45, 2.75) is 30.4 Å². The van der Waals surface area contributed by atoms with Crippen LogP contribution in [0.25, 0.3) is 0 Å². The molecule has 1 aliphatic rings. The summed E-state index contributed by atoms with van der Waals surface area (Å²) in [6, 6.07) is 3.38. The van der Waals surface area contributed by atoms with Crippen molar-refractivity contribution in [1.29, 1.82) is 0 Å². The van der Waals surface area contributed by atoms with Crippen LogP contribution < -0.4 is 10.6 Å². The van der Waals surface area contributed by atoms with Gasteiger partial charge < -0.3 is 10.6 Å². The third-order valence-electron chi connectivity index (χ3n) is 4.10. The van der Waals surface area contributed by atoms with E-state index in [1.54, 1.807) is 12.1 Å². The highest BCUT2D eigenvalue weighted by molar-refractivity contribution is 7.91. The van der Waals surface area contributed by atoms with Crippen molar-refractivity contribution in [2.75, 3.05) is 26.2 Å². The molecule has 0 bridgehead atoms. The number of rotatable bonds is 7. The Morgan fingerprint density at radius 2 is 2.15 bits per heavy atom. The van der Waals surface area contributed by atoms with Gasteiger partial charge in [-0.05, 0) is 31.9 Å². The van der Waals surface area contributed by atoms with E-state index < -0.39 is 15.9 Å². The molecule has 2 amide bonds. The van der Waals surface area contributed by atoms with Crippen LogP contribution in [0.1, 0.15) is 24.1 Å². The van der Waals surface area contributed by atoms with Gasteiger partial charge in [0.15, 0.2) is 0 Å². The largest absolute Gasteiger partial charge is 0.355 e. The van der Waals surface area contributed by atoms with Gasteiger partial charge in [-0.1, -0.05) is 5.92 Å². The fourth-order valence-electron chi connectivity index (χ4n) is 2.73. The monoisotopic (exact) mass is 397 g/mol. The molecule has 1 atom stereocenters.